The summed E-state index contributed by atoms with van der Waals surface area (Å²) in [5.74, 6) is 0. The van der Waals surface area contributed by atoms with Gasteiger partial charge in [0.1, 0.15) is 0 Å². The third kappa shape index (κ3) is 2.04. The first-order valence-electron chi connectivity index (χ1n) is 5.60. The van der Waals surface area contributed by atoms with Gasteiger partial charge in [-0.05, 0) is 69.4 Å². The van der Waals surface area contributed by atoms with Crippen LogP contribution in [0, 0.1) is 6.42 Å². The molecule has 0 nitrogen and oxygen atoms in total. The zero-order chi connectivity index (χ0) is 9.10. The minimum absolute atomic E-state index is 1.29. The Morgan fingerprint density at radius 1 is 1.00 bits per heavy atom. The second kappa shape index (κ2) is 4.13. The van der Waals surface area contributed by atoms with Crippen LogP contribution in [0.5, 0.6) is 0 Å². The van der Waals surface area contributed by atoms with Crippen LogP contribution in [0.1, 0.15) is 51.9 Å². The van der Waals surface area contributed by atoms with Gasteiger partial charge in [-0.25, -0.2) is 0 Å². The molecule has 13 heavy (non-hydrogen) atoms. The first-order chi connectivity index (χ1) is 6.38. The second-order valence-electron chi connectivity index (χ2n) is 4.23. The number of rotatable bonds is 1. The summed E-state index contributed by atoms with van der Waals surface area (Å²) in [4.78, 5) is 0. The maximum atomic E-state index is 2.47. The number of allylic oxidation sites excluding steroid dienone is 4. The van der Waals surface area contributed by atoms with E-state index < -0.39 is 0 Å². The molecule has 0 N–H and O–H groups in total. The Morgan fingerprint density at radius 2 is 1.92 bits per heavy atom. The quantitative estimate of drug-likeness (QED) is 0.560. The summed E-state index contributed by atoms with van der Waals surface area (Å²) in [6.45, 7) is 2.28. The zero-order valence-corrected chi connectivity index (χ0v) is 8.60. The van der Waals surface area contributed by atoms with Crippen molar-refractivity contribution in [2.45, 2.75) is 51.9 Å². The van der Waals surface area contributed by atoms with E-state index in [1.807, 2.05) is 0 Å². The Morgan fingerprint density at radius 3 is 2.62 bits per heavy atom. The van der Waals surface area contributed by atoms with Crippen LogP contribution < -0.4 is 0 Å². The largest absolute Gasteiger partial charge is 0.0810 e. The highest BCUT2D eigenvalue weighted by Gasteiger charge is 2.14. The van der Waals surface area contributed by atoms with Crippen molar-refractivity contribution in [1.29, 1.82) is 0 Å². The lowest BCUT2D eigenvalue weighted by Crippen LogP contribution is -2.03. The molecule has 0 saturated heterocycles. The average Bonchev–Trinajstić information content (AvgIpc) is 2.20. The van der Waals surface area contributed by atoms with Gasteiger partial charge in [0.25, 0.3) is 0 Å². The molecule has 71 valence electrons. The van der Waals surface area contributed by atoms with Crippen molar-refractivity contribution in [3.63, 3.8) is 0 Å². The van der Waals surface area contributed by atoms with E-state index in [1.54, 1.807) is 16.7 Å². The van der Waals surface area contributed by atoms with Crippen LogP contribution in [0.25, 0.3) is 0 Å². The van der Waals surface area contributed by atoms with Crippen LogP contribution in [0.2, 0.25) is 0 Å². The van der Waals surface area contributed by atoms with Crippen molar-refractivity contribution in [1.82, 2.24) is 0 Å². The fourth-order valence-corrected chi connectivity index (χ4v) is 2.44. The summed E-state index contributed by atoms with van der Waals surface area (Å²) in [5.41, 5.74) is 4.89. The molecule has 0 atom stereocenters. The van der Waals surface area contributed by atoms with E-state index in [0.29, 0.717) is 0 Å². The third-order valence-corrected chi connectivity index (χ3v) is 3.24. The molecule has 0 aromatic heterocycles. The lowest BCUT2D eigenvalue weighted by atomic mass is 9.84. The van der Waals surface area contributed by atoms with Crippen molar-refractivity contribution in [2.75, 3.05) is 0 Å². The molecule has 0 aliphatic heterocycles. The monoisotopic (exact) mass is 175 g/mol. The molecule has 2 rings (SSSR count). The fraction of sp³-hybridized carbons (Fsp3) is 0.615. The Labute approximate surface area is 81.7 Å². The molecule has 0 unspecified atom stereocenters. The zero-order valence-electron chi connectivity index (χ0n) is 8.60. The van der Waals surface area contributed by atoms with Gasteiger partial charge in [0, 0.05) is 0 Å². The predicted molar refractivity (Wildman–Crippen MR) is 57.4 cm³/mol. The van der Waals surface area contributed by atoms with E-state index in [0.717, 1.165) is 0 Å². The molecule has 2 aliphatic rings. The molecule has 0 heteroatoms. The second-order valence-corrected chi connectivity index (χ2v) is 4.23. The van der Waals surface area contributed by atoms with Crippen LogP contribution in [-0.2, 0) is 0 Å². The molecule has 0 saturated carbocycles. The first kappa shape index (κ1) is 9.05. The van der Waals surface area contributed by atoms with Gasteiger partial charge in [0.2, 0.25) is 0 Å². The Kier molecular flexibility index (Phi) is 2.87. The fourth-order valence-electron chi connectivity index (χ4n) is 2.44. The van der Waals surface area contributed by atoms with Crippen LogP contribution in [0.3, 0.4) is 0 Å². The van der Waals surface area contributed by atoms with E-state index in [2.05, 4.69) is 19.4 Å². The van der Waals surface area contributed by atoms with Gasteiger partial charge >= 0.3 is 0 Å². The predicted octanol–water partition coefficient (Wildman–Crippen LogP) is 4.19. The lowest BCUT2D eigenvalue weighted by molar-refractivity contribution is 0.680. The van der Waals surface area contributed by atoms with Crippen LogP contribution in [0.15, 0.2) is 22.8 Å². The van der Waals surface area contributed by atoms with Crippen molar-refractivity contribution in [3.05, 3.63) is 29.2 Å². The molecule has 0 aromatic carbocycles. The van der Waals surface area contributed by atoms with Crippen molar-refractivity contribution in [2.24, 2.45) is 0 Å². The van der Waals surface area contributed by atoms with E-state index >= 15 is 0 Å². The average molecular weight is 175 g/mol. The summed E-state index contributed by atoms with van der Waals surface area (Å²) in [7, 11) is 0. The minimum Gasteiger partial charge on any atom is -0.0810 e. The molecule has 0 bridgehead atoms. The SMILES string of the molecule is CC1=C(C2=CCCCC2)CCC[CH]1. The highest BCUT2D eigenvalue weighted by atomic mass is 14.2. The van der Waals surface area contributed by atoms with Gasteiger partial charge in [-0.2, -0.15) is 0 Å². The summed E-state index contributed by atoms with van der Waals surface area (Å²) >= 11 is 0. The van der Waals surface area contributed by atoms with E-state index in [-0.39, 0.29) is 0 Å². The van der Waals surface area contributed by atoms with E-state index in [9.17, 15) is 0 Å². The van der Waals surface area contributed by atoms with Crippen LogP contribution in [0.4, 0.5) is 0 Å². The highest BCUT2D eigenvalue weighted by Crippen LogP contribution is 2.33. The summed E-state index contributed by atoms with van der Waals surface area (Å²) in [6.07, 6.45) is 14.3. The lowest BCUT2D eigenvalue weighted by Gasteiger charge is -2.22. The molecule has 0 spiro atoms. The summed E-state index contributed by atoms with van der Waals surface area (Å²) in [6, 6.07) is 0. The van der Waals surface area contributed by atoms with E-state index in [4.69, 9.17) is 0 Å². The van der Waals surface area contributed by atoms with Gasteiger partial charge in [0.15, 0.2) is 0 Å². The molecule has 2 aliphatic carbocycles. The van der Waals surface area contributed by atoms with Gasteiger partial charge < -0.3 is 0 Å². The maximum absolute atomic E-state index is 2.47. The summed E-state index contributed by atoms with van der Waals surface area (Å²) in [5, 5.41) is 0. The number of hydrogen-bond acceptors (Lipinski definition) is 0. The van der Waals surface area contributed by atoms with E-state index in [1.165, 1.54) is 44.9 Å². The molecular weight excluding hydrogens is 156 g/mol. The van der Waals surface area contributed by atoms with Gasteiger partial charge in [-0.1, -0.05) is 11.6 Å². The molecule has 0 amide bonds. The highest BCUT2D eigenvalue weighted by molar-refractivity contribution is 5.39. The summed E-state index contributed by atoms with van der Waals surface area (Å²) < 4.78 is 0. The van der Waals surface area contributed by atoms with Crippen LogP contribution in [-0.4, -0.2) is 0 Å². The van der Waals surface area contributed by atoms with Crippen molar-refractivity contribution >= 4 is 0 Å². The van der Waals surface area contributed by atoms with Crippen molar-refractivity contribution < 1.29 is 0 Å². The molecule has 0 heterocycles. The Bertz CT molecular complexity index is 243. The minimum atomic E-state index is 1.29. The molecule has 0 fully saturated rings. The normalized spacial score (nSPS) is 24.5. The maximum Gasteiger partial charge on any atom is -0.0134 e. The van der Waals surface area contributed by atoms with Gasteiger partial charge in [-0.3, -0.25) is 0 Å². The number of hydrogen-bond donors (Lipinski definition) is 0. The molecule has 1 radical (unpaired) electrons. The topological polar surface area (TPSA) is 0 Å². The smallest absolute Gasteiger partial charge is 0.0134 e. The van der Waals surface area contributed by atoms with Gasteiger partial charge in [0.05, 0.1) is 0 Å². The molecular formula is C13H19. The first-order valence-corrected chi connectivity index (χ1v) is 5.60. The standard InChI is InChI=1S/C13H19/c1-11-7-5-6-10-13(11)12-8-3-2-4-9-12/h7-8H,2-6,9-10H2,1H3. The molecule has 0 aromatic rings. The van der Waals surface area contributed by atoms with Gasteiger partial charge in [-0.15, -0.1) is 0 Å². The Hall–Kier alpha value is -0.520. The van der Waals surface area contributed by atoms with Crippen LogP contribution >= 0.6 is 0 Å². The third-order valence-electron chi connectivity index (χ3n) is 3.24. The Balaban J connectivity index is 2.17. The van der Waals surface area contributed by atoms with Crippen molar-refractivity contribution in [3.8, 4) is 0 Å².